The molecule has 1 aromatic carbocycles. The van der Waals surface area contributed by atoms with Crippen LogP contribution < -0.4 is 21.3 Å². The highest BCUT2D eigenvalue weighted by Gasteiger charge is 2.36. The van der Waals surface area contributed by atoms with Crippen LogP contribution in [0.5, 0.6) is 0 Å². The average Bonchev–Trinajstić information content (AvgIpc) is 2.87. The fourth-order valence-corrected chi connectivity index (χ4v) is 5.99. The van der Waals surface area contributed by atoms with Gasteiger partial charge >= 0.3 is 0 Å². The molecular weight excluding hydrogens is 544 g/mol. The normalized spacial score (nSPS) is 23.4. The van der Waals surface area contributed by atoms with E-state index in [1.54, 1.807) is 37.4 Å². The van der Waals surface area contributed by atoms with Gasteiger partial charge in [0, 0.05) is 36.0 Å². The van der Waals surface area contributed by atoms with Gasteiger partial charge in [-0.25, -0.2) is 0 Å². The Morgan fingerprint density at radius 3 is 2.20 bits per heavy atom. The minimum absolute atomic E-state index is 0.0931. The quantitative estimate of drug-likeness (QED) is 0.421. The summed E-state index contributed by atoms with van der Waals surface area (Å²) in [5.74, 6) is 1.63. The van der Waals surface area contributed by atoms with Crippen LogP contribution in [0.4, 0.5) is 0 Å². The van der Waals surface area contributed by atoms with Crippen LogP contribution in [0, 0.1) is 11.3 Å². The van der Waals surface area contributed by atoms with E-state index in [4.69, 9.17) is 0 Å². The number of hydrogen-bond donors (Lipinski definition) is 4. The van der Waals surface area contributed by atoms with E-state index >= 15 is 0 Å². The molecule has 0 aliphatic carbocycles. The van der Waals surface area contributed by atoms with Crippen molar-refractivity contribution in [3.63, 3.8) is 0 Å². The standard InChI is InChI=1S/C30H48N4O4S2/c1-8-20(2)25-27(37)31-13-15-40-19-22-11-9-10-21(16-22)18-39-14-12-24(35)34-30(6,7)28(38)32-23(26(36)33-25)17-29(3,4)5/h9-11,16,20,23,25H,8,12-15,17-19H2,1-7H3,(H,31,37)(H,32,38)(H,33,36)(H,34,35)/t20-,23-,25-/m0/s1. The molecule has 8 nitrogen and oxygen atoms in total. The van der Waals surface area contributed by atoms with E-state index in [0.29, 0.717) is 25.1 Å². The fourth-order valence-electron chi connectivity index (χ4n) is 4.29. The van der Waals surface area contributed by atoms with Crippen molar-refractivity contribution in [2.75, 3.05) is 18.1 Å². The molecule has 40 heavy (non-hydrogen) atoms. The van der Waals surface area contributed by atoms with Gasteiger partial charge in [0.25, 0.3) is 0 Å². The van der Waals surface area contributed by atoms with Gasteiger partial charge < -0.3 is 21.3 Å². The first kappa shape index (κ1) is 34.0. The summed E-state index contributed by atoms with van der Waals surface area (Å²) in [6.07, 6.45) is 1.36. The topological polar surface area (TPSA) is 116 Å². The molecule has 4 N–H and O–H groups in total. The summed E-state index contributed by atoms with van der Waals surface area (Å²) in [4.78, 5) is 52.7. The SMILES string of the molecule is CC[C@H](C)[C@@H]1NC(=O)[C@H](CC(C)(C)C)NC(=O)C(C)(C)NC(=O)CCSCc2cccc(c2)CSCCNC1=O. The lowest BCUT2D eigenvalue weighted by Gasteiger charge is -2.32. The van der Waals surface area contributed by atoms with Gasteiger partial charge in [-0.05, 0) is 42.7 Å². The van der Waals surface area contributed by atoms with Crippen molar-refractivity contribution in [2.45, 2.75) is 96.9 Å². The Hall–Kier alpha value is -2.20. The average molecular weight is 593 g/mol. The van der Waals surface area contributed by atoms with Crippen LogP contribution in [-0.4, -0.2) is 59.3 Å². The first-order valence-electron chi connectivity index (χ1n) is 14.1. The molecule has 3 atom stereocenters. The van der Waals surface area contributed by atoms with E-state index in [-0.39, 0.29) is 29.6 Å². The predicted molar refractivity (Wildman–Crippen MR) is 166 cm³/mol. The van der Waals surface area contributed by atoms with E-state index in [9.17, 15) is 19.2 Å². The fraction of sp³-hybridized carbons (Fsp3) is 0.667. The predicted octanol–water partition coefficient (Wildman–Crippen LogP) is 4.02. The van der Waals surface area contributed by atoms with E-state index in [1.807, 2.05) is 40.7 Å². The van der Waals surface area contributed by atoms with Crippen molar-refractivity contribution >= 4 is 47.2 Å². The van der Waals surface area contributed by atoms with Crippen molar-refractivity contribution < 1.29 is 19.2 Å². The van der Waals surface area contributed by atoms with Crippen molar-refractivity contribution in [1.82, 2.24) is 21.3 Å². The number of carbonyl (C=O) groups is 4. The highest BCUT2D eigenvalue weighted by Crippen LogP contribution is 2.22. The smallest absolute Gasteiger partial charge is 0.245 e. The second kappa shape index (κ2) is 15.7. The van der Waals surface area contributed by atoms with Crippen molar-refractivity contribution in [1.29, 1.82) is 0 Å². The number of fused-ring (bicyclic) bond motifs is 2. The van der Waals surface area contributed by atoms with E-state index < -0.39 is 29.4 Å². The molecule has 1 aliphatic rings. The zero-order chi connectivity index (χ0) is 29.9. The Morgan fingerprint density at radius 1 is 0.975 bits per heavy atom. The molecule has 0 spiro atoms. The molecule has 1 aliphatic heterocycles. The van der Waals surface area contributed by atoms with Gasteiger partial charge in [-0.15, -0.1) is 0 Å². The van der Waals surface area contributed by atoms with Crippen LogP contribution in [0.2, 0.25) is 0 Å². The molecule has 0 aromatic heterocycles. The van der Waals surface area contributed by atoms with Crippen molar-refractivity contribution in [2.24, 2.45) is 11.3 Å². The maximum Gasteiger partial charge on any atom is 0.245 e. The maximum atomic E-state index is 13.5. The van der Waals surface area contributed by atoms with Gasteiger partial charge in [0.1, 0.15) is 17.6 Å². The van der Waals surface area contributed by atoms with E-state index in [1.165, 1.54) is 11.1 Å². The molecule has 224 valence electrons. The van der Waals surface area contributed by atoms with Crippen molar-refractivity contribution in [3.05, 3.63) is 35.4 Å². The molecule has 1 heterocycles. The second-order valence-corrected chi connectivity index (χ2v) is 14.5. The van der Waals surface area contributed by atoms with Gasteiger partial charge in [-0.3, -0.25) is 19.2 Å². The summed E-state index contributed by atoms with van der Waals surface area (Å²) in [6, 6.07) is 6.83. The third kappa shape index (κ3) is 11.7. The molecule has 0 radical (unpaired) electrons. The number of hydrogen-bond acceptors (Lipinski definition) is 6. The Bertz CT molecular complexity index is 1030. The molecule has 1 aromatic rings. The lowest BCUT2D eigenvalue weighted by Crippen LogP contribution is -2.61. The molecule has 4 amide bonds. The van der Waals surface area contributed by atoms with Gasteiger partial charge in [0.2, 0.25) is 23.6 Å². The molecule has 10 heteroatoms. The Labute approximate surface area is 248 Å². The largest absolute Gasteiger partial charge is 0.353 e. The number of rotatable bonds is 3. The Balaban J connectivity index is 2.28. The highest BCUT2D eigenvalue weighted by atomic mass is 32.2. The first-order chi connectivity index (χ1) is 18.7. The summed E-state index contributed by atoms with van der Waals surface area (Å²) in [7, 11) is 0. The molecule has 2 bridgehead atoms. The Morgan fingerprint density at radius 2 is 1.60 bits per heavy atom. The summed E-state index contributed by atoms with van der Waals surface area (Å²) >= 11 is 3.42. The summed E-state index contributed by atoms with van der Waals surface area (Å²) in [5.41, 5.74) is 0.941. The summed E-state index contributed by atoms with van der Waals surface area (Å²) < 4.78 is 0. The zero-order valence-corrected chi connectivity index (χ0v) is 26.8. The molecule has 0 saturated heterocycles. The van der Waals surface area contributed by atoms with Crippen LogP contribution >= 0.6 is 23.5 Å². The molecule has 0 fully saturated rings. The van der Waals surface area contributed by atoms with Gasteiger partial charge in [0.05, 0.1) is 0 Å². The van der Waals surface area contributed by atoms with Crippen LogP contribution in [0.25, 0.3) is 0 Å². The number of thioether (sulfide) groups is 2. The number of carbonyl (C=O) groups excluding carboxylic acids is 4. The maximum absolute atomic E-state index is 13.5. The molecular formula is C30H48N4O4S2. The second-order valence-electron chi connectivity index (χ2n) is 12.3. The minimum atomic E-state index is -1.21. The van der Waals surface area contributed by atoms with Crippen LogP contribution in [0.3, 0.4) is 0 Å². The Kier molecular flexibility index (Phi) is 13.4. The molecule has 0 saturated carbocycles. The first-order valence-corrected chi connectivity index (χ1v) is 16.5. The van der Waals surface area contributed by atoms with Gasteiger partial charge in [-0.2, -0.15) is 23.5 Å². The summed E-state index contributed by atoms with van der Waals surface area (Å²) in [6.45, 7) is 13.7. The van der Waals surface area contributed by atoms with Crippen LogP contribution in [0.1, 0.15) is 78.9 Å². The van der Waals surface area contributed by atoms with E-state index in [0.717, 1.165) is 17.3 Å². The van der Waals surface area contributed by atoms with Crippen LogP contribution in [-0.2, 0) is 30.7 Å². The molecule has 2 rings (SSSR count). The third-order valence-electron chi connectivity index (χ3n) is 6.80. The number of nitrogens with one attached hydrogen (secondary N) is 4. The minimum Gasteiger partial charge on any atom is -0.353 e. The van der Waals surface area contributed by atoms with Crippen LogP contribution in [0.15, 0.2) is 24.3 Å². The number of benzene rings is 1. The monoisotopic (exact) mass is 592 g/mol. The highest BCUT2D eigenvalue weighted by molar-refractivity contribution is 7.98. The van der Waals surface area contributed by atoms with E-state index in [2.05, 4.69) is 39.5 Å². The lowest BCUT2D eigenvalue weighted by molar-refractivity contribution is -0.136. The third-order valence-corrected chi connectivity index (χ3v) is 8.86. The number of amides is 4. The van der Waals surface area contributed by atoms with Gasteiger partial charge in [0.15, 0.2) is 0 Å². The molecule has 0 unspecified atom stereocenters. The lowest BCUT2D eigenvalue weighted by atomic mass is 9.87. The summed E-state index contributed by atoms with van der Waals surface area (Å²) in [5, 5.41) is 11.6. The zero-order valence-electron chi connectivity index (χ0n) is 25.1. The van der Waals surface area contributed by atoms with Gasteiger partial charge in [-0.1, -0.05) is 65.3 Å². The van der Waals surface area contributed by atoms with Crippen molar-refractivity contribution in [3.8, 4) is 0 Å².